The number of imide groups is 2. The number of nitrogens with zero attached hydrogens (tertiary/aromatic N) is 2. The molecule has 0 radical (unpaired) electrons. The Morgan fingerprint density at radius 3 is 1.41 bits per heavy atom. The van der Waals surface area contributed by atoms with Gasteiger partial charge in [-0.15, -0.1) is 0 Å². The summed E-state index contributed by atoms with van der Waals surface area (Å²) >= 11 is 0. The van der Waals surface area contributed by atoms with Crippen molar-refractivity contribution in [2.75, 3.05) is 0 Å². The normalized spacial score (nSPS) is 14.3. The van der Waals surface area contributed by atoms with Crippen LogP contribution in [-0.4, -0.2) is 27.6 Å². The zero-order chi connectivity index (χ0) is 21.1. The summed E-state index contributed by atoms with van der Waals surface area (Å²) < 4.78 is 26.1. The van der Waals surface area contributed by atoms with Crippen LogP contribution in [0, 0.1) is 11.6 Å². The average Bonchev–Trinajstić information content (AvgIpc) is 2.65. The van der Waals surface area contributed by atoms with E-state index in [4.69, 9.17) is 0 Å². The van der Waals surface area contributed by atoms with Crippen LogP contribution in [0.15, 0.2) is 73.1 Å². The molecule has 0 N–H and O–H groups in total. The van der Waals surface area contributed by atoms with Crippen LogP contribution in [0.2, 0.25) is 0 Å². The molecule has 0 bridgehead atoms. The first-order valence-electron chi connectivity index (χ1n) is 8.80. The van der Waals surface area contributed by atoms with Crippen molar-refractivity contribution in [3.63, 3.8) is 0 Å². The minimum atomic E-state index is -0.856. The largest absolute Gasteiger partial charge is 0.342 e. The van der Waals surface area contributed by atoms with Crippen molar-refractivity contribution < 1.29 is 23.2 Å². The number of rotatable bonds is 6. The predicted molar refractivity (Wildman–Crippen MR) is 102 cm³/mol. The van der Waals surface area contributed by atoms with Gasteiger partial charge in [0.2, 0.25) is 11.8 Å². The highest BCUT2D eigenvalue weighted by Gasteiger charge is 2.40. The van der Waals surface area contributed by atoms with E-state index >= 15 is 0 Å². The second-order valence-electron chi connectivity index (χ2n) is 6.66. The zero-order valence-corrected chi connectivity index (χ0v) is 15.5. The smallest absolute Gasteiger partial charge is 0.273 e. The molecule has 2 aromatic rings. The lowest BCUT2D eigenvalue weighted by atomic mass is 10.1. The van der Waals surface area contributed by atoms with Crippen LogP contribution in [0.3, 0.4) is 0 Å². The van der Waals surface area contributed by atoms with Crippen LogP contribution in [0.4, 0.5) is 13.6 Å². The lowest BCUT2D eigenvalue weighted by molar-refractivity contribution is -0.140. The summed E-state index contributed by atoms with van der Waals surface area (Å²) in [6, 6.07) is 10.3. The van der Waals surface area contributed by atoms with Crippen LogP contribution in [0.25, 0.3) is 0 Å². The van der Waals surface area contributed by atoms with Crippen LogP contribution >= 0.6 is 0 Å². The van der Waals surface area contributed by atoms with E-state index in [2.05, 4.69) is 13.2 Å². The van der Waals surface area contributed by atoms with E-state index in [0.29, 0.717) is 11.1 Å². The van der Waals surface area contributed by atoms with Gasteiger partial charge < -0.3 is 0 Å². The van der Waals surface area contributed by atoms with Crippen LogP contribution in [-0.2, 0) is 22.4 Å². The highest BCUT2D eigenvalue weighted by Crippen LogP contribution is 2.24. The number of amides is 4. The first kappa shape index (κ1) is 20.1. The van der Waals surface area contributed by atoms with Crippen molar-refractivity contribution in [3.05, 3.63) is 95.8 Å². The molecule has 7 heteroatoms. The van der Waals surface area contributed by atoms with Gasteiger partial charge in [0.05, 0.1) is 0 Å². The van der Waals surface area contributed by atoms with E-state index < -0.39 is 35.9 Å². The maximum Gasteiger partial charge on any atom is 0.342 e. The molecule has 0 atom stereocenters. The van der Waals surface area contributed by atoms with Crippen molar-refractivity contribution in [1.82, 2.24) is 9.80 Å². The Morgan fingerprint density at radius 1 is 0.724 bits per heavy atom. The molecule has 1 saturated heterocycles. The third kappa shape index (κ3) is 4.45. The zero-order valence-electron chi connectivity index (χ0n) is 15.5. The fraction of sp³-hybridized carbons (Fsp3) is 0.136. The maximum atomic E-state index is 13.1. The van der Waals surface area contributed by atoms with Crippen molar-refractivity contribution in [2.24, 2.45) is 0 Å². The number of barbiturate groups is 1. The number of benzene rings is 2. The maximum absolute atomic E-state index is 13.1. The quantitative estimate of drug-likeness (QED) is 0.695. The molecule has 1 aliphatic heterocycles. The molecule has 148 valence electrons. The van der Waals surface area contributed by atoms with Crippen molar-refractivity contribution >= 4 is 17.8 Å². The molecule has 2 aromatic carbocycles. The Kier molecular flexibility index (Phi) is 5.68. The molecular weight excluding hydrogens is 378 g/mol. The van der Waals surface area contributed by atoms with Crippen LogP contribution < -0.4 is 0 Å². The predicted octanol–water partition coefficient (Wildman–Crippen LogP) is 3.96. The van der Waals surface area contributed by atoms with Gasteiger partial charge in [0.1, 0.15) is 18.1 Å². The molecule has 5 nitrogen and oxygen atoms in total. The Morgan fingerprint density at radius 2 is 1.07 bits per heavy atom. The molecule has 0 aromatic heterocycles. The molecule has 0 spiro atoms. The lowest BCUT2D eigenvalue weighted by Crippen LogP contribution is -2.54. The number of halogens is 2. The second-order valence-corrected chi connectivity index (χ2v) is 6.66. The molecular formula is C22H18F2N2O3. The molecule has 3 rings (SSSR count). The number of carbonyl (C=O) groups is 3. The molecule has 1 heterocycles. The highest BCUT2D eigenvalue weighted by atomic mass is 19.1. The molecule has 4 amide bonds. The molecule has 0 aliphatic carbocycles. The summed E-state index contributed by atoms with van der Waals surface area (Å²) in [6.07, 6.45) is -0.245. The van der Waals surface area contributed by atoms with Gasteiger partial charge in [-0.05, 0) is 35.4 Å². The first-order valence-corrected chi connectivity index (χ1v) is 8.80. The standard InChI is InChI=1S/C22H18F2N2O3/c1-14(11-16-3-7-18(23)8-4-16)25-20(27)13-21(28)26(22(25)29)15(2)12-17-5-9-19(24)10-6-17/h3-10H,1-2,11-13H2. The summed E-state index contributed by atoms with van der Waals surface area (Å²) in [5.41, 5.74) is 1.65. The Balaban J connectivity index is 1.77. The van der Waals surface area contributed by atoms with E-state index in [9.17, 15) is 23.2 Å². The van der Waals surface area contributed by atoms with Crippen LogP contribution in [0.5, 0.6) is 0 Å². The monoisotopic (exact) mass is 396 g/mol. The Bertz CT molecular complexity index is 918. The third-order valence-corrected chi connectivity index (χ3v) is 4.46. The van der Waals surface area contributed by atoms with E-state index in [1.807, 2.05) is 0 Å². The summed E-state index contributed by atoms with van der Waals surface area (Å²) in [4.78, 5) is 39.2. The van der Waals surface area contributed by atoms with Gasteiger partial charge >= 0.3 is 6.03 Å². The van der Waals surface area contributed by atoms with Gasteiger partial charge in [-0.25, -0.2) is 23.4 Å². The summed E-state index contributed by atoms with van der Waals surface area (Å²) in [5.74, 6) is -2.17. The fourth-order valence-corrected chi connectivity index (χ4v) is 3.06. The Labute approximate surface area is 166 Å². The SMILES string of the molecule is C=C(Cc1ccc(F)cc1)N1C(=O)CC(=O)N(C(=C)Cc2ccc(F)cc2)C1=O. The van der Waals surface area contributed by atoms with Gasteiger partial charge in [0.25, 0.3) is 0 Å². The molecule has 0 saturated carbocycles. The fourth-order valence-electron chi connectivity index (χ4n) is 3.06. The van der Waals surface area contributed by atoms with E-state index in [1.54, 1.807) is 0 Å². The Hall–Kier alpha value is -3.61. The minimum Gasteiger partial charge on any atom is -0.273 e. The van der Waals surface area contributed by atoms with Crippen molar-refractivity contribution in [2.45, 2.75) is 19.3 Å². The van der Waals surface area contributed by atoms with Gasteiger partial charge in [0, 0.05) is 24.2 Å². The first-order chi connectivity index (χ1) is 13.8. The van der Waals surface area contributed by atoms with E-state index in [1.165, 1.54) is 48.5 Å². The van der Waals surface area contributed by atoms with E-state index in [0.717, 1.165) is 9.80 Å². The van der Waals surface area contributed by atoms with Crippen LogP contribution in [0.1, 0.15) is 17.5 Å². The third-order valence-electron chi connectivity index (χ3n) is 4.46. The number of allylic oxidation sites excluding steroid dienone is 2. The molecule has 0 unspecified atom stereocenters. The minimum absolute atomic E-state index is 0.129. The van der Waals surface area contributed by atoms with Crippen molar-refractivity contribution in [1.29, 1.82) is 0 Å². The van der Waals surface area contributed by atoms with Gasteiger partial charge in [-0.1, -0.05) is 37.4 Å². The van der Waals surface area contributed by atoms with Gasteiger partial charge in [0.15, 0.2) is 0 Å². The second kappa shape index (κ2) is 8.18. The molecule has 29 heavy (non-hydrogen) atoms. The van der Waals surface area contributed by atoms with Crippen molar-refractivity contribution in [3.8, 4) is 0 Å². The summed E-state index contributed by atoms with van der Waals surface area (Å²) in [5, 5.41) is 0. The number of carbonyl (C=O) groups excluding carboxylic acids is 3. The van der Waals surface area contributed by atoms with E-state index in [-0.39, 0.29) is 24.2 Å². The molecule has 1 fully saturated rings. The topological polar surface area (TPSA) is 57.7 Å². The highest BCUT2D eigenvalue weighted by molar-refractivity contribution is 6.16. The van der Waals surface area contributed by atoms with Gasteiger partial charge in [-0.3, -0.25) is 9.59 Å². The van der Waals surface area contributed by atoms with Gasteiger partial charge in [-0.2, -0.15) is 0 Å². The average molecular weight is 396 g/mol. The lowest BCUT2D eigenvalue weighted by Gasteiger charge is -2.34. The summed E-state index contributed by atoms with van der Waals surface area (Å²) in [6.45, 7) is 7.58. The summed E-state index contributed by atoms with van der Waals surface area (Å²) in [7, 11) is 0. The number of hydrogen-bond donors (Lipinski definition) is 0. The molecule has 1 aliphatic rings. The number of hydrogen-bond acceptors (Lipinski definition) is 3. The number of urea groups is 1.